The minimum absolute atomic E-state index is 0.497. The van der Waals surface area contributed by atoms with Gasteiger partial charge in [0.05, 0.1) is 6.20 Å². The fourth-order valence-electron chi connectivity index (χ4n) is 1.72. The van der Waals surface area contributed by atoms with Crippen LogP contribution in [0.1, 0.15) is 23.7 Å². The van der Waals surface area contributed by atoms with Crippen molar-refractivity contribution < 1.29 is 0 Å². The zero-order valence-electron chi connectivity index (χ0n) is 9.53. The minimum atomic E-state index is 0.497. The molecule has 3 nitrogen and oxygen atoms in total. The number of hydrogen-bond acceptors (Lipinski definition) is 2. The molecule has 0 fully saturated rings. The second-order valence-corrected chi connectivity index (χ2v) is 3.96. The molecule has 0 amide bonds. The molecule has 0 bridgehead atoms. The number of benzene rings is 1. The van der Waals surface area contributed by atoms with Crippen molar-refractivity contribution in [3.8, 4) is 0 Å². The quantitative estimate of drug-likeness (QED) is 0.822. The number of nitrogens with one attached hydrogen (secondary N) is 1. The number of nitrogens with zero attached hydrogens (tertiary/aromatic N) is 1. The summed E-state index contributed by atoms with van der Waals surface area (Å²) in [6.07, 6.45) is 4.87. The van der Waals surface area contributed by atoms with Gasteiger partial charge in [-0.2, -0.15) is 0 Å². The average molecular weight is 215 g/mol. The molecule has 0 spiro atoms. The Labute approximate surface area is 95.7 Å². The van der Waals surface area contributed by atoms with Crippen LogP contribution in [0.25, 0.3) is 0 Å². The summed E-state index contributed by atoms with van der Waals surface area (Å²) >= 11 is 0. The van der Waals surface area contributed by atoms with Crippen LogP contribution in [0.15, 0.2) is 30.5 Å². The first-order valence-electron chi connectivity index (χ1n) is 5.65. The van der Waals surface area contributed by atoms with E-state index in [1.165, 1.54) is 11.1 Å². The lowest BCUT2D eigenvalue weighted by molar-refractivity contribution is 0.925. The molecule has 1 heterocycles. The van der Waals surface area contributed by atoms with Crippen molar-refractivity contribution >= 4 is 5.95 Å². The van der Waals surface area contributed by atoms with Gasteiger partial charge in [-0.3, -0.25) is 0 Å². The summed E-state index contributed by atoms with van der Waals surface area (Å²) in [4.78, 5) is 7.01. The number of H-pyrrole nitrogens is 1. The number of hydrogen-bond donors (Lipinski definition) is 2. The second kappa shape index (κ2) is 4.84. The van der Waals surface area contributed by atoms with Gasteiger partial charge in [-0.05, 0) is 30.4 Å². The number of anilines is 1. The lowest BCUT2D eigenvalue weighted by Crippen LogP contribution is -1.93. The minimum Gasteiger partial charge on any atom is -0.369 e. The van der Waals surface area contributed by atoms with Gasteiger partial charge in [0.15, 0.2) is 5.95 Å². The van der Waals surface area contributed by atoms with Crippen molar-refractivity contribution in [1.82, 2.24) is 9.97 Å². The number of aromatic amines is 1. The van der Waals surface area contributed by atoms with Crippen molar-refractivity contribution in [3.63, 3.8) is 0 Å². The van der Waals surface area contributed by atoms with E-state index in [9.17, 15) is 0 Å². The van der Waals surface area contributed by atoms with Crippen LogP contribution in [0.2, 0.25) is 0 Å². The number of nitrogen functional groups attached to an aromatic ring is 1. The van der Waals surface area contributed by atoms with E-state index in [4.69, 9.17) is 5.73 Å². The molecular weight excluding hydrogens is 198 g/mol. The van der Waals surface area contributed by atoms with Crippen molar-refractivity contribution in [1.29, 1.82) is 0 Å². The van der Waals surface area contributed by atoms with Crippen molar-refractivity contribution in [2.75, 3.05) is 5.73 Å². The number of rotatable bonds is 4. The molecule has 16 heavy (non-hydrogen) atoms. The summed E-state index contributed by atoms with van der Waals surface area (Å²) in [5, 5.41) is 0. The average Bonchev–Trinajstić information content (AvgIpc) is 2.73. The smallest absolute Gasteiger partial charge is 0.197 e. The molecule has 3 N–H and O–H groups in total. The predicted octanol–water partition coefficient (Wildman–Crippen LogP) is 2.34. The first kappa shape index (κ1) is 10.7. The zero-order valence-corrected chi connectivity index (χ0v) is 9.53. The van der Waals surface area contributed by atoms with Gasteiger partial charge in [-0.25, -0.2) is 4.98 Å². The molecular formula is C13H17N3. The maximum absolute atomic E-state index is 5.52. The van der Waals surface area contributed by atoms with E-state index in [0.29, 0.717) is 5.95 Å². The van der Waals surface area contributed by atoms with E-state index in [1.807, 2.05) is 0 Å². The van der Waals surface area contributed by atoms with Gasteiger partial charge < -0.3 is 10.7 Å². The third-order valence-corrected chi connectivity index (χ3v) is 2.76. The summed E-state index contributed by atoms with van der Waals surface area (Å²) in [5.74, 6) is 0.497. The van der Waals surface area contributed by atoms with Crippen LogP contribution >= 0.6 is 0 Å². The molecule has 0 saturated heterocycles. The van der Waals surface area contributed by atoms with E-state index in [1.54, 1.807) is 6.20 Å². The molecule has 3 heteroatoms. The number of aromatic nitrogens is 2. The molecule has 84 valence electrons. The lowest BCUT2D eigenvalue weighted by atomic mass is 10.1. The predicted molar refractivity (Wildman–Crippen MR) is 66.2 cm³/mol. The fourth-order valence-corrected chi connectivity index (χ4v) is 1.72. The highest BCUT2D eigenvalue weighted by Gasteiger charge is 1.99. The van der Waals surface area contributed by atoms with Crippen LogP contribution in [0.5, 0.6) is 0 Å². The highest BCUT2D eigenvalue weighted by Crippen LogP contribution is 2.09. The standard InChI is InChI=1S/C13H17N3/c1-2-10-3-5-11(6-4-10)7-8-12-9-15-13(14)16-12/h3-6,9H,2,7-8H2,1H3,(H3,14,15,16). The molecule has 1 aromatic heterocycles. The number of nitrogens with two attached hydrogens (primary N) is 1. The van der Waals surface area contributed by atoms with Gasteiger partial charge in [0.25, 0.3) is 0 Å². The SMILES string of the molecule is CCc1ccc(CCc2cnc(N)[nH]2)cc1. The molecule has 0 aliphatic carbocycles. The zero-order chi connectivity index (χ0) is 11.4. The fraction of sp³-hybridized carbons (Fsp3) is 0.308. The van der Waals surface area contributed by atoms with Gasteiger partial charge in [0.1, 0.15) is 0 Å². The summed E-state index contributed by atoms with van der Waals surface area (Å²) < 4.78 is 0. The van der Waals surface area contributed by atoms with Crippen LogP contribution in [-0.4, -0.2) is 9.97 Å². The highest BCUT2D eigenvalue weighted by atomic mass is 15.0. The second-order valence-electron chi connectivity index (χ2n) is 3.96. The molecule has 0 atom stereocenters. The van der Waals surface area contributed by atoms with Gasteiger partial charge in [0, 0.05) is 5.69 Å². The number of aryl methyl sites for hydroxylation is 3. The van der Waals surface area contributed by atoms with Crippen molar-refractivity contribution in [2.24, 2.45) is 0 Å². The Morgan fingerprint density at radius 2 is 1.81 bits per heavy atom. The van der Waals surface area contributed by atoms with Crippen LogP contribution < -0.4 is 5.73 Å². The third kappa shape index (κ3) is 2.63. The van der Waals surface area contributed by atoms with Gasteiger partial charge in [-0.15, -0.1) is 0 Å². The van der Waals surface area contributed by atoms with E-state index in [0.717, 1.165) is 25.0 Å². The normalized spacial score (nSPS) is 10.6. The van der Waals surface area contributed by atoms with Crippen LogP contribution in [-0.2, 0) is 19.3 Å². The molecule has 2 rings (SSSR count). The highest BCUT2D eigenvalue weighted by molar-refractivity contribution is 5.24. The van der Waals surface area contributed by atoms with E-state index < -0.39 is 0 Å². The Hall–Kier alpha value is -1.77. The van der Waals surface area contributed by atoms with Gasteiger partial charge in [0.2, 0.25) is 0 Å². The van der Waals surface area contributed by atoms with E-state index in [-0.39, 0.29) is 0 Å². The molecule has 0 radical (unpaired) electrons. The maximum atomic E-state index is 5.52. The summed E-state index contributed by atoms with van der Waals surface area (Å²) in [6, 6.07) is 8.77. The summed E-state index contributed by atoms with van der Waals surface area (Å²) in [7, 11) is 0. The van der Waals surface area contributed by atoms with E-state index in [2.05, 4.69) is 41.2 Å². The Balaban J connectivity index is 1.94. The van der Waals surface area contributed by atoms with Gasteiger partial charge >= 0.3 is 0 Å². The molecule has 0 saturated carbocycles. The van der Waals surface area contributed by atoms with Crippen molar-refractivity contribution in [2.45, 2.75) is 26.2 Å². The molecule has 0 aliphatic rings. The largest absolute Gasteiger partial charge is 0.369 e. The topological polar surface area (TPSA) is 54.7 Å². The lowest BCUT2D eigenvalue weighted by Gasteiger charge is -2.01. The Kier molecular flexibility index (Phi) is 3.25. The Bertz CT molecular complexity index is 442. The first-order valence-corrected chi connectivity index (χ1v) is 5.65. The summed E-state index contributed by atoms with van der Waals surface area (Å²) in [6.45, 7) is 2.17. The first-order chi connectivity index (χ1) is 7.78. The maximum Gasteiger partial charge on any atom is 0.197 e. The third-order valence-electron chi connectivity index (χ3n) is 2.76. The molecule has 1 aromatic carbocycles. The molecule has 0 aliphatic heterocycles. The van der Waals surface area contributed by atoms with E-state index >= 15 is 0 Å². The molecule has 0 unspecified atom stereocenters. The monoisotopic (exact) mass is 215 g/mol. The number of imidazole rings is 1. The Morgan fingerprint density at radius 3 is 2.38 bits per heavy atom. The molecule has 2 aromatic rings. The van der Waals surface area contributed by atoms with Crippen LogP contribution in [0, 0.1) is 0 Å². The van der Waals surface area contributed by atoms with Crippen LogP contribution in [0.4, 0.5) is 5.95 Å². The summed E-state index contributed by atoms with van der Waals surface area (Å²) in [5.41, 5.74) is 9.35. The van der Waals surface area contributed by atoms with Gasteiger partial charge in [-0.1, -0.05) is 31.2 Å². The van der Waals surface area contributed by atoms with Crippen molar-refractivity contribution in [3.05, 3.63) is 47.3 Å². The van der Waals surface area contributed by atoms with Crippen LogP contribution in [0.3, 0.4) is 0 Å². The Morgan fingerprint density at radius 1 is 1.12 bits per heavy atom.